The second-order valence-electron chi connectivity index (χ2n) is 5.43. The normalized spacial score (nSPS) is 15.8. The predicted octanol–water partition coefficient (Wildman–Crippen LogP) is 2.79. The van der Waals surface area contributed by atoms with E-state index in [1.54, 1.807) is 24.3 Å². The zero-order valence-corrected chi connectivity index (χ0v) is 15.0. The van der Waals surface area contributed by atoms with Gasteiger partial charge >= 0.3 is 0 Å². The summed E-state index contributed by atoms with van der Waals surface area (Å²) in [4.78, 5) is 36.4. The van der Waals surface area contributed by atoms with Crippen LogP contribution in [-0.2, 0) is 9.59 Å². The Hall–Kier alpha value is -3.30. The summed E-state index contributed by atoms with van der Waals surface area (Å²) in [5.74, 6) is -1.84. The third kappa shape index (κ3) is 3.64. The number of phenolic OH excluding ortho intramolecular Hbond substituents is 1. The molecule has 0 atom stereocenters. The molecule has 0 aliphatic carbocycles. The molecule has 8 nitrogen and oxygen atoms in total. The Morgan fingerprint density at radius 2 is 1.85 bits per heavy atom. The van der Waals surface area contributed by atoms with E-state index in [0.717, 1.165) is 29.2 Å². The molecule has 0 unspecified atom stereocenters. The molecule has 1 aliphatic heterocycles. The Morgan fingerprint density at radius 3 is 2.48 bits per heavy atom. The quantitative estimate of drug-likeness (QED) is 0.268. The number of halogens is 1. The lowest BCUT2D eigenvalue weighted by Gasteiger charge is -2.28. The number of hydrogen-bond acceptors (Lipinski definition) is 6. The third-order valence-corrected chi connectivity index (χ3v) is 4.24. The summed E-state index contributed by atoms with van der Waals surface area (Å²) in [6, 6.07) is 9.48. The van der Waals surface area contributed by atoms with E-state index in [1.165, 1.54) is 0 Å². The smallest absolute Gasteiger partial charge is 0.270 e. The summed E-state index contributed by atoms with van der Waals surface area (Å²) in [7, 11) is 0. The van der Waals surface area contributed by atoms with Crippen LogP contribution in [0.5, 0.6) is 5.75 Å². The second kappa shape index (κ2) is 7.14. The van der Waals surface area contributed by atoms with Crippen molar-refractivity contribution in [2.24, 2.45) is 0 Å². The highest BCUT2D eigenvalue weighted by Crippen LogP contribution is 2.28. The highest BCUT2D eigenvalue weighted by atomic mass is 35.5. The van der Waals surface area contributed by atoms with Gasteiger partial charge in [0.15, 0.2) is 5.11 Å². The Balaban J connectivity index is 2.06. The topological polar surface area (TPSA) is 113 Å². The van der Waals surface area contributed by atoms with Gasteiger partial charge in [0.25, 0.3) is 17.5 Å². The fraction of sp³-hybridized carbons (Fsp3) is 0. The predicted molar refractivity (Wildman–Crippen MR) is 102 cm³/mol. The van der Waals surface area contributed by atoms with Crippen molar-refractivity contribution >= 4 is 58.2 Å². The maximum absolute atomic E-state index is 12.8. The minimum Gasteiger partial charge on any atom is -0.507 e. The maximum Gasteiger partial charge on any atom is 0.270 e. The molecule has 1 saturated heterocycles. The highest BCUT2D eigenvalue weighted by Gasteiger charge is 2.34. The molecule has 1 fully saturated rings. The van der Waals surface area contributed by atoms with Gasteiger partial charge in [-0.3, -0.25) is 29.9 Å². The molecule has 0 spiro atoms. The SMILES string of the molecule is O=C1NC(=S)N(c2ccc(Cl)cc2)C(=O)/C1=C/c1cc([N+](=O)[O-])ccc1O. The molecule has 1 heterocycles. The van der Waals surface area contributed by atoms with Gasteiger partial charge in [-0.25, -0.2) is 0 Å². The summed E-state index contributed by atoms with van der Waals surface area (Å²) in [5, 5.41) is 23.6. The molecule has 3 rings (SSSR count). The first-order chi connectivity index (χ1) is 12.8. The van der Waals surface area contributed by atoms with Gasteiger partial charge in [-0.15, -0.1) is 0 Å². The number of anilines is 1. The Labute approximate surface area is 162 Å². The van der Waals surface area contributed by atoms with Crippen LogP contribution in [0.3, 0.4) is 0 Å². The molecule has 0 aromatic heterocycles. The standard InChI is InChI=1S/C17H10ClN3O5S/c18-10-1-3-11(4-2-10)20-16(24)13(15(23)19-17(20)27)8-9-7-12(21(25)26)5-6-14(9)22/h1-8,22H,(H,19,23,27)/b13-8+. The van der Waals surface area contributed by atoms with E-state index in [0.29, 0.717) is 10.7 Å². The van der Waals surface area contributed by atoms with Crippen LogP contribution in [-0.4, -0.2) is 27.0 Å². The van der Waals surface area contributed by atoms with Crippen molar-refractivity contribution in [3.63, 3.8) is 0 Å². The number of amides is 2. The lowest BCUT2D eigenvalue weighted by Crippen LogP contribution is -2.54. The van der Waals surface area contributed by atoms with Crippen LogP contribution in [0.25, 0.3) is 6.08 Å². The van der Waals surface area contributed by atoms with Crippen LogP contribution in [0, 0.1) is 10.1 Å². The Bertz CT molecular complexity index is 1020. The molecule has 2 aromatic rings. The number of nitrogens with one attached hydrogen (secondary N) is 1. The van der Waals surface area contributed by atoms with Gasteiger partial charge in [-0.05, 0) is 48.6 Å². The van der Waals surface area contributed by atoms with Crippen molar-refractivity contribution in [2.45, 2.75) is 0 Å². The minimum absolute atomic E-state index is 0.0495. The first-order valence-corrected chi connectivity index (χ1v) is 8.21. The van der Waals surface area contributed by atoms with Crippen molar-refractivity contribution < 1.29 is 19.6 Å². The van der Waals surface area contributed by atoms with Crippen LogP contribution >= 0.6 is 23.8 Å². The van der Waals surface area contributed by atoms with Crippen molar-refractivity contribution in [2.75, 3.05) is 4.90 Å². The molecular formula is C17H10ClN3O5S. The van der Waals surface area contributed by atoms with Crippen molar-refractivity contribution in [3.05, 3.63) is 68.7 Å². The number of nitro benzene ring substituents is 1. The summed E-state index contributed by atoms with van der Waals surface area (Å²) in [5.41, 5.74) is -0.308. The molecule has 0 radical (unpaired) electrons. The van der Waals surface area contributed by atoms with Gasteiger partial charge in [0, 0.05) is 22.7 Å². The molecule has 0 saturated carbocycles. The fourth-order valence-electron chi connectivity index (χ4n) is 2.41. The molecule has 136 valence electrons. The van der Waals surface area contributed by atoms with E-state index >= 15 is 0 Å². The van der Waals surface area contributed by atoms with Crippen LogP contribution in [0.4, 0.5) is 11.4 Å². The van der Waals surface area contributed by atoms with Crippen LogP contribution in [0.1, 0.15) is 5.56 Å². The first kappa shape index (κ1) is 18.5. The number of benzene rings is 2. The zero-order chi connectivity index (χ0) is 19.7. The summed E-state index contributed by atoms with van der Waals surface area (Å²) in [6.45, 7) is 0. The average molecular weight is 404 g/mol. The number of phenols is 1. The summed E-state index contributed by atoms with van der Waals surface area (Å²) < 4.78 is 0. The number of aromatic hydroxyl groups is 1. The second-order valence-corrected chi connectivity index (χ2v) is 6.26. The third-order valence-electron chi connectivity index (χ3n) is 3.71. The molecule has 2 amide bonds. The van der Waals surface area contributed by atoms with E-state index in [4.69, 9.17) is 23.8 Å². The zero-order valence-electron chi connectivity index (χ0n) is 13.4. The lowest BCUT2D eigenvalue weighted by atomic mass is 10.1. The molecule has 2 N–H and O–H groups in total. The number of non-ortho nitro benzene ring substituents is 1. The van der Waals surface area contributed by atoms with Gasteiger partial charge in [-0.1, -0.05) is 11.6 Å². The molecule has 10 heteroatoms. The van der Waals surface area contributed by atoms with Gasteiger partial charge < -0.3 is 5.11 Å². The molecule has 27 heavy (non-hydrogen) atoms. The highest BCUT2D eigenvalue weighted by molar-refractivity contribution is 7.80. The molecule has 1 aliphatic rings. The number of nitrogens with zero attached hydrogens (tertiary/aromatic N) is 2. The monoisotopic (exact) mass is 403 g/mol. The fourth-order valence-corrected chi connectivity index (χ4v) is 2.82. The van der Waals surface area contributed by atoms with E-state index < -0.39 is 16.7 Å². The van der Waals surface area contributed by atoms with E-state index in [2.05, 4.69) is 5.32 Å². The summed E-state index contributed by atoms with van der Waals surface area (Å²) >= 11 is 10.9. The van der Waals surface area contributed by atoms with Gasteiger partial charge in [0.1, 0.15) is 11.3 Å². The number of nitro groups is 1. The van der Waals surface area contributed by atoms with Crippen LogP contribution < -0.4 is 10.2 Å². The van der Waals surface area contributed by atoms with Crippen molar-refractivity contribution in [1.82, 2.24) is 5.32 Å². The molecule has 2 aromatic carbocycles. The summed E-state index contributed by atoms with van der Waals surface area (Å²) in [6.07, 6.45) is 1.07. The molecular weight excluding hydrogens is 394 g/mol. The van der Waals surface area contributed by atoms with Crippen molar-refractivity contribution in [1.29, 1.82) is 0 Å². The Morgan fingerprint density at radius 1 is 1.19 bits per heavy atom. The van der Waals surface area contributed by atoms with Gasteiger partial charge in [0.05, 0.1) is 10.6 Å². The van der Waals surface area contributed by atoms with Crippen LogP contribution in [0.2, 0.25) is 5.02 Å². The van der Waals surface area contributed by atoms with Gasteiger partial charge in [-0.2, -0.15) is 0 Å². The Kier molecular flexibility index (Phi) is 4.89. The minimum atomic E-state index is -0.777. The van der Waals surface area contributed by atoms with E-state index in [-0.39, 0.29) is 27.7 Å². The van der Waals surface area contributed by atoms with E-state index in [9.17, 15) is 24.8 Å². The largest absolute Gasteiger partial charge is 0.507 e. The maximum atomic E-state index is 12.8. The van der Waals surface area contributed by atoms with Gasteiger partial charge in [0.2, 0.25) is 0 Å². The first-order valence-electron chi connectivity index (χ1n) is 7.42. The van der Waals surface area contributed by atoms with E-state index in [1.807, 2.05) is 0 Å². The number of thiocarbonyl (C=S) groups is 1. The average Bonchev–Trinajstić information content (AvgIpc) is 2.61. The number of hydrogen-bond donors (Lipinski definition) is 2. The molecule has 0 bridgehead atoms. The van der Waals surface area contributed by atoms with Crippen LogP contribution in [0.15, 0.2) is 48.0 Å². The number of carbonyl (C=O) groups excluding carboxylic acids is 2. The number of rotatable bonds is 3. The lowest BCUT2D eigenvalue weighted by molar-refractivity contribution is -0.384. The number of carbonyl (C=O) groups is 2. The van der Waals surface area contributed by atoms with Crippen molar-refractivity contribution in [3.8, 4) is 5.75 Å².